The first-order valence-electron chi connectivity index (χ1n) is 9.40. The fraction of sp³-hybridized carbons (Fsp3) is 0.292. The Morgan fingerprint density at radius 3 is 2.31 bits per heavy atom. The second-order valence-corrected chi connectivity index (χ2v) is 7.31. The third-order valence-electron chi connectivity index (χ3n) is 4.50. The van der Waals surface area contributed by atoms with Crippen molar-refractivity contribution in [1.29, 1.82) is 0 Å². The number of hydrogen-bond donors (Lipinski definition) is 2. The summed E-state index contributed by atoms with van der Waals surface area (Å²) in [5.74, 6) is -0.808. The van der Waals surface area contributed by atoms with Crippen LogP contribution in [-0.4, -0.2) is 35.3 Å². The van der Waals surface area contributed by atoms with E-state index in [1.165, 1.54) is 12.1 Å². The van der Waals surface area contributed by atoms with Crippen molar-refractivity contribution in [2.24, 2.45) is 0 Å². The van der Waals surface area contributed by atoms with Gasteiger partial charge in [0.2, 0.25) is 5.78 Å². The van der Waals surface area contributed by atoms with Gasteiger partial charge in [0.25, 0.3) is 0 Å². The van der Waals surface area contributed by atoms with E-state index in [1.807, 2.05) is 39.0 Å². The quantitative estimate of drug-likeness (QED) is 0.459. The first kappa shape index (κ1) is 22.2. The number of ether oxygens (including phenoxy) is 2. The maximum atomic E-state index is 12.5. The zero-order valence-electron chi connectivity index (χ0n) is 17.3. The standard InChI is InChI=1S/C24H28O5/c1-17(9-8-13-24(2,3)28-4)12-14-29-19-15-20(25)22(21(26)16-19)23(27)18-10-6-5-7-11-18/h5-8,10-13,15-16,25-26H,9,14H2,1-4H3/b13-8+,17-12+. The third-order valence-corrected chi connectivity index (χ3v) is 4.50. The van der Waals surface area contributed by atoms with Gasteiger partial charge < -0.3 is 19.7 Å². The number of aromatic hydroxyl groups is 2. The molecular weight excluding hydrogens is 368 g/mol. The minimum atomic E-state index is -0.450. The van der Waals surface area contributed by atoms with Crippen molar-refractivity contribution < 1.29 is 24.5 Å². The summed E-state index contributed by atoms with van der Waals surface area (Å²) in [4.78, 5) is 12.5. The Morgan fingerprint density at radius 1 is 1.10 bits per heavy atom. The van der Waals surface area contributed by atoms with E-state index in [2.05, 4.69) is 0 Å². The Morgan fingerprint density at radius 2 is 1.72 bits per heavy atom. The average Bonchev–Trinajstić information content (AvgIpc) is 2.68. The smallest absolute Gasteiger partial charge is 0.200 e. The zero-order chi connectivity index (χ0) is 21.4. The first-order chi connectivity index (χ1) is 13.7. The number of carbonyl (C=O) groups excluding carboxylic acids is 1. The molecule has 0 heterocycles. The second-order valence-electron chi connectivity index (χ2n) is 7.31. The molecule has 0 aliphatic heterocycles. The van der Waals surface area contributed by atoms with Crippen LogP contribution in [0, 0.1) is 0 Å². The predicted molar refractivity (Wildman–Crippen MR) is 114 cm³/mol. The van der Waals surface area contributed by atoms with Gasteiger partial charge in [-0.05, 0) is 33.3 Å². The molecule has 5 nitrogen and oxygen atoms in total. The number of phenols is 2. The van der Waals surface area contributed by atoms with Crippen LogP contribution in [0.2, 0.25) is 0 Å². The number of carbonyl (C=O) groups is 1. The monoisotopic (exact) mass is 396 g/mol. The molecule has 0 aliphatic rings. The molecule has 0 atom stereocenters. The van der Waals surface area contributed by atoms with Crippen molar-refractivity contribution in [3.8, 4) is 17.2 Å². The topological polar surface area (TPSA) is 76.0 Å². The molecule has 0 unspecified atom stereocenters. The molecule has 2 N–H and O–H groups in total. The maximum Gasteiger partial charge on any atom is 0.200 e. The summed E-state index contributed by atoms with van der Waals surface area (Å²) in [6.07, 6.45) is 6.72. The number of rotatable bonds is 9. The number of allylic oxidation sites excluding steroid dienone is 2. The van der Waals surface area contributed by atoms with Gasteiger partial charge in [-0.2, -0.15) is 0 Å². The normalized spacial score (nSPS) is 12.3. The van der Waals surface area contributed by atoms with Gasteiger partial charge in [0.1, 0.15) is 29.4 Å². The molecule has 0 radical (unpaired) electrons. The summed E-state index contributed by atoms with van der Waals surface area (Å²) in [6.45, 7) is 6.23. The lowest BCUT2D eigenvalue weighted by Crippen LogP contribution is -2.18. The molecule has 2 aromatic rings. The highest BCUT2D eigenvalue weighted by atomic mass is 16.5. The SMILES string of the molecule is COC(C)(C)/C=C/C/C(C)=C/COc1cc(O)c(C(=O)c2ccccc2)c(O)c1. The molecule has 0 amide bonds. The van der Waals surface area contributed by atoms with Gasteiger partial charge >= 0.3 is 0 Å². The largest absolute Gasteiger partial charge is 0.507 e. The molecule has 2 rings (SSSR count). The van der Waals surface area contributed by atoms with Gasteiger partial charge in [-0.15, -0.1) is 0 Å². The molecule has 2 aromatic carbocycles. The van der Waals surface area contributed by atoms with Gasteiger partial charge in [0.05, 0.1) is 5.60 Å². The van der Waals surface area contributed by atoms with Crippen molar-refractivity contribution in [3.63, 3.8) is 0 Å². The van der Waals surface area contributed by atoms with Crippen LogP contribution in [0.3, 0.4) is 0 Å². The Bertz CT molecular complexity index is 872. The second kappa shape index (κ2) is 9.94. The Kier molecular flexibility index (Phi) is 7.62. The van der Waals surface area contributed by atoms with Crippen molar-refractivity contribution in [3.05, 3.63) is 77.4 Å². The highest BCUT2D eigenvalue weighted by molar-refractivity contribution is 6.12. The molecule has 0 saturated heterocycles. The molecule has 154 valence electrons. The summed E-state index contributed by atoms with van der Waals surface area (Å²) in [5.41, 5.74) is 1.05. The number of benzene rings is 2. The number of phenolic OH excluding ortho intramolecular Hbond substituents is 2. The highest BCUT2D eigenvalue weighted by Crippen LogP contribution is 2.34. The van der Waals surface area contributed by atoms with Crippen LogP contribution in [0.1, 0.15) is 43.1 Å². The number of methoxy groups -OCH3 is 1. The molecule has 0 spiro atoms. The van der Waals surface area contributed by atoms with Gasteiger partial charge in [-0.1, -0.05) is 48.1 Å². The van der Waals surface area contributed by atoms with Crippen LogP contribution in [0.5, 0.6) is 17.2 Å². The summed E-state index contributed by atoms with van der Waals surface area (Å²) < 4.78 is 10.9. The minimum Gasteiger partial charge on any atom is -0.507 e. The van der Waals surface area contributed by atoms with Crippen LogP contribution >= 0.6 is 0 Å². The maximum absolute atomic E-state index is 12.5. The van der Waals surface area contributed by atoms with E-state index < -0.39 is 5.78 Å². The van der Waals surface area contributed by atoms with Crippen molar-refractivity contribution in [2.45, 2.75) is 32.8 Å². The Hall–Kier alpha value is -3.05. The summed E-state index contributed by atoms with van der Waals surface area (Å²) in [5, 5.41) is 20.5. The summed E-state index contributed by atoms with van der Waals surface area (Å²) in [7, 11) is 1.67. The molecule has 0 aliphatic carbocycles. The van der Waals surface area contributed by atoms with E-state index in [-0.39, 0.29) is 35.0 Å². The van der Waals surface area contributed by atoms with E-state index in [1.54, 1.807) is 37.4 Å². The van der Waals surface area contributed by atoms with Crippen LogP contribution in [0.4, 0.5) is 0 Å². The molecule has 29 heavy (non-hydrogen) atoms. The van der Waals surface area contributed by atoms with Crippen LogP contribution in [0.25, 0.3) is 0 Å². The first-order valence-corrected chi connectivity index (χ1v) is 9.40. The number of ketones is 1. The minimum absolute atomic E-state index is 0.138. The third kappa shape index (κ3) is 6.50. The van der Waals surface area contributed by atoms with Gasteiger partial charge in [0, 0.05) is 24.8 Å². The molecule has 0 fully saturated rings. The van der Waals surface area contributed by atoms with E-state index >= 15 is 0 Å². The van der Waals surface area contributed by atoms with E-state index in [0.29, 0.717) is 5.56 Å². The predicted octanol–water partition coefficient (Wildman–Crippen LogP) is 5.03. The molecule has 0 bridgehead atoms. The van der Waals surface area contributed by atoms with Gasteiger partial charge in [-0.3, -0.25) is 4.79 Å². The lowest BCUT2D eigenvalue weighted by molar-refractivity contribution is 0.0654. The van der Waals surface area contributed by atoms with Crippen molar-refractivity contribution in [1.82, 2.24) is 0 Å². The lowest BCUT2D eigenvalue weighted by atomic mass is 10.0. The van der Waals surface area contributed by atoms with Gasteiger partial charge in [-0.25, -0.2) is 0 Å². The zero-order valence-corrected chi connectivity index (χ0v) is 17.3. The fourth-order valence-electron chi connectivity index (χ4n) is 2.60. The Labute approximate surface area is 171 Å². The van der Waals surface area contributed by atoms with E-state index in [9.17, 15) is 15.0 Å². The highest BCUT2D eigenvalue weighted by Gasteiger charge is 2.19. The van der Waals surface area contributed by atoms with Crippen LogP contribution in [-0.2, 0) is 4.74 Å². The summed E-state index contributed by atoms with van der Waals surface area (Å²) >= 11 is 0. The van der Waals surface area contributed by atoms with Crippen LogP contribution in [0.15, 0.2) is 66.3 Å². The number of hydrogen-bond acceptors (Lipinski definition) is 5. The van der Waals surface area contributed by atoms with Crippen LogP contribution < -0.4 is 4.74 Å². The molecule has 0 aromatic heterocycles. The Balaban J connectivity index is 2.01. The van der Waals surface area contributed by atoms with Crippen molar-refractivity contribution >= 4 is 5.78 Å². The molecular formula is C24H28O5. The molecule has 0 saturated carbocycles. The summed E-state index contributed by atoms with van der Waals surface area (Å²) in [6, 6.07) is 11.2. The molecule has 5 heteroatoms. The van der Waals surface area contributed by atoms with Crippen molar-refractivity contribution in [2.75, 3.05) is 13.7 Å². The lowest BCUT2D eigenvalue weighted by Gasteiger charge is -2.17. The fourth-order valence-corrected chi connectivity index (χ4v) is 2.60. The van der Waals surface area contributed by atoms with Gasteiger partial charge in [0.15, 0.2) is 0 Å². The average molecular weight is 396 g/mol. The van der Waals surface area contributed by atoms with E-state index in [4.69, 9.17) is 9.47 Å². The van der Waals surface area contributed by atoms with E-state index in [0.717, 1.165) is 12.0 Å².